The Morgan fingerprint density at radius 3 is 2.66 bits per heavy atom. The van der Waals surface area contributed by atoms with Crippen molar-refractivity contribution in [1.29, 1.82) is 0 Å². The lowest BCUT2D eigenvalue weighted by atomic mass is 9.98. The summed E-state index contributed by atoms with van der Waals surface area (Å²) in [6.07, 6.45) is 5.73. The molecule has 0 aliphatic carbocycles. The third kappa shape index (κ3) is 6.98. The second-order valence-corrected chi connectivity index (χ2v) is 10.7. The van der Waals surface area contributed by atoms with E-state index in [0.717, 1.165) is 62.0 Å². The van der Waals surface area contributed by atoms with Crippen LogP contribution < -0.4 is 14.2 Å². The molecule has 1 aliphatic rings. The SMILES string of the molecule is COc1ccc(C(=O)N2CCCCC2CCOc2cccc(CN(C)Cc3cccc4cccnc34)c2)c(OC)c1. The van der Waals surface area contributed by atoms with Crippen LogP contribution in [-0.4, -0.2) is 61.2 Å². The largest absolute Gasteiger partial charge is 0.497 e. The zero-order valence-electron chi connectivity index (χ0n) is 24.2. The number of carbonyl (C=O) groups excluding carboxylic acids is 1. The van der Waals surface area contributed by atoms with Gasteiger partial charge in [0.25, 0.3) is 5.91 Å². The van der Waals surface area contributed by atoms with Crippen molar-refractivity contribution in [3.63, 3.8) is 0 Å². The van der Waals surface area contributed by atoms with Gasteiger partial charge in [-0.1, -0.05) is 36.4 Å². The average Bonchev–Trinajstić information content (AvgIpc) is 3.01. The summed E-state index contributed by atoms with van der Waals surface area (Å²) in [6.45, 7) is 2.90. The van der Waals surface area contributed by atoms with Crippen molar-refractivity contribution in [2.75, 3.05) is 34.4 Å². The van der Waals surface area contributed by atoms with Crippen molar-refractivity contribution in [2.24, 2.45) is 0 Å². The van der Waals surface area contributed by atoms with Gasteiger partial charge in [-0.2, -0.15) is 0 Å². The van der Waals surface area contributed by atoms with Crippen LogP contribution in [0.25, 0.3) is 10.9 Å². The predicted molar refractivity (Wildman–Crippen MR) is 162 cm³/mol. The van der Waals surface area contributed by atoms with Crippen molar-refractivity contribution in [3.05, 3.63) is 95.7 Å². The number of rotatable bonds is 11. The highest BCUT2D eigenvalue weighted by atomic mass is 16.5. The number of hydrogen-bond donors (Lipinski definition) is 0. The first-order chi connectivity index (χ1) is 20.1. The van der Waals surface area contributed by atoms with Crippen LogP contribution in [0.2, 0.25) is 0 Å². The first kappa shape index (κ1) is 28.4. The molecule has 0 bridgehead atoms. The number of fused-ring (bicyclic) bond motifs is 1. The number of ether oxygens (including phenoxy) is 3. The Labute approximate surface area is 242 Å². The molecule has 1 fully saturated rings. The monoisotopic (exact) mass is 553 g/mol. The lowest BCUT2D eigenvalue weighted by molar-refractivity contribution is 0.0577. The molecule has 0 saturated carbocycles. The number of para-hydroxylation sites is 1. The number of hydrogen-bond acceptors (Lipinski definition) is 6. The molecule has 4 aromatic rings. The molecule has 1 atom stereocenters. The second kappa shape index (κ2) is 13.5. The highest BCUT2D eigenvalue weighted by Gasteiger charge is 2.29. The molecule has 41 heavy (non-hydrogen) atoms. The van der Waals surface area contributed by atoms with Gasteiger partial charge in [0.15, 0.2) is 0 Å². The molecule has 1 saturated heterocycles. The summed E-state index contributed by atoms with van der Waals surface area (Å²) in [4.78, 5) is 22.4. The fraction of sp³-hybridized carbons (Fsp3) is 0.353. The van der Waals surface area contributed by atoms with Crippen molar-refractivity contribution in [1.82, 2.24) is 14.8 Å². The molecule has 7 nitrogen and oxygen atoms in total. The third-order valence-electron chi connectivity index (χ3n) is 7.75. The van der Waals surface area contributed by atoms with Crippen LogP contribution in [0.1, 0.15) is 47.2 Å². The fourth-order valence-corrected chi connectivity index (χ4v) is 5.70. The van der Waals surface area contributed by atoms with Gasteiger partial charge in [0.1, 0.15) is 17.2 Å². The number of carbonyl (C=O) groups is 1. The number of nitrogens with zero attached hydrogens (tertiary/aromatic N) is 3. The number of likely N-dealkylation sites (tertiary alicyclic amines) is 1. The summed E-state index contributed by atoms with van der Waals surface area (Å²) in [7, 11) is 5.32. The van der Waals surface area contributed by atoms with Gasteiger partial charge in [-0.15, -0.1) is 0 Å². The molecule has 0 N–H and O–H groups in total. The van der Waals surface area contributed by atoms with E-state index in [1.54, 1.807) is 32.4 Å². The van der Waals surface area contributed by atoms with E-state index in [4.69, 9.17) is 14.2 Å². The van der Waals surface area contributed by atoms with E-state index in [2.05, 4.69) is 53.3 Å². The van der Waals surface area contributed by atoms with E-state index >= 15 is 0 Å². The van der Waals surface area contributed by atoms with Gasteiger partial charge >= 0.3 is 0 Å². The Morgan fingerprint density at radius 1 is 0.951 bits per heavy atom. The molecule has 2 heterocycles. The normalized spacial score (nSPS) is 15.2. The highest BCUT2D eigenvalue weighted by Crippen LogP contribution is 2.29. The molecule has 1 aliphatic heterocycles. The van der Waals surface area contributed by atoms with E-state index in [1.165, 1.54) is 11.1 Å². The smallest absolute Gasteiger partial charge is 0.257 e. The van der Waals surface area contributed by atoms with Crippen LogP contribution in [0.4, 0.5) is 0 Å². The molecule has 1 amide bonds. The number of amides is 1. The van der Waals surface area contributed by atoms with Crippen LogP contribution in [-0.2, 0) is 13.1 Å². The molecule has 0 spiro atoms. The molecule has 1 unspecified atom stereocenters. The molecule has 1 aromatic heterocycles. The Morgan fingerprint density at radius 2 is 1.80 bits per heavy atom. The van der Waals surface area contributed by atoms with Crippen molar-refractivity contribution >= 4 is 16.8 Å². The van der Waals surface area contributed by atoms with Crippen molar-refractivity contribution in [2.45, 2.75) is 44.8 Å². The Bertz CT molecular complexity index is 1470. The number of pyridine rings is 1. The molecular weight excluding hydrogens is 514 g/mol. The minimum Gasteiger partial charge on any atom is -0.497 e. The maximum atomic E-state index is 13.5. The van der Waals surface area contributed by atoms with Gasteiger partial charge < -0.3 is 19.1 Å². The van der Waals surface area contributed by atoms with E-state index in [1.807, 2.05) is 29.3 Å². The first-order valence-electron chi connectivity index (χ1n) is 14.3. The highest BCUT2D eigenvalue weighted by molar-refractivity contribution is 5.97. The standard InChI is InChI=1S/C34H39N3O4/c1-36(24-27-11-7-10-26-12-8-18-35-33(26)27)23-25-9-6-14-30(21-25)41-20-17-28-13-4-5-19-37(28)34(38)31-16-15-29(39-2)22-32(31)40-3/h6-12,14-16,18,21-22,28H,4-5,13,17,19-20,23-24H2,1-3H3. The molecule has 3 aromatic carbocycles. The zero-order valence-corrected chi connectivity index (χ0v) is 24.2. The number of methoxy groups -OCH3 is 2. The van der Waals surface area contributed by atoms with Gasteiger partial charge in [0.05, 0.1) is 31.9 Å². The number of benzene rings is 3. The van der Waals surface area contributed by atoms with Crippen LogP contribution in [0.5, 0.6) is 17.2 Å². The second-order valence-electron chi connectivity index (χ2n) is 10.7. The van der Waals surface area contributed by atoms with E-state index in [0.29, 0.717) is 23.7 Å². The van der Waals surface area contributed by atoms with Gasteiger partial charge in [0.2, 0.25) is 0 Å². The summed E-state index contributed by atoms with van der Waals surface area (Å²) in [5.74, 6) is 2.06. The number of piperidine rings is 1. The van der Waals surface area contributed by atoms with Crippen LogP contribution in [0.15, 0.2) is 79.0 Å². The van der Waals surface area contributed by atoms with Gasteiger partial charge in [0, 0.05) is 49.7 Å². The lowest BCUT2D eigenvalue weighted by Crippen LogP contribution is -2.44. The molecule has 214 valence electrons. The fourth-order valence-electron chi connectivity index (χ4n) is 5.70. The maximum Gasteiger partial charge on any atom is 0.257 e. The molecule has 7 heteroatoms. The molecular formula is C34H39N3O4. The van der Waals surface area contributed by atoms with Gasteiger partial charge in [-0.05, 0) is 67.8 Å². The van der Waals surface area contributed by atoms with Crippen molar-refractivity contribution in [3.8, 4) is 17.2 Å². The lowest BCUT2D eigenvalue weighted by Gasteiger charge is -2.36. The van der Waals surface area contributed by atoms with E-state index in [9.17, 15) is 4.79 Å². The molecule has 0 radical (unpaired) electrons. The van der Waals surface area contributed by atoms with Gasteiger partial charge in [-0.25, -0.2) is 0 Å². The maximum absolute atomic E-state index is 13.5. The quantitative estimate of drug-likeness (QED) is 0.216. The van der Waals surface area contributed by atoms with Crippen LogP contribution in [0, 0.1) is 0 Å². The van der Waals surface area contributed by atoms with E-state index in [-0.39, 0.29) is 11.9 Å². The summed E-state index contributed by atoms with van der Waals surface area (Å²) < 4.78 is 17.0. The Balaban J connectivity index is 1.17. The predicted octanol–water partition coefficient (Wildman–Crippen LogP) is 6.35. The molecule has 5 rings (SSSR count). The topological polar surface area (TPSA) is 64.1 Å². The summed E-state index contributed by atoms with van der Waals surface area (Å²) in [5, 5.41) is 1.16. The van der Waals surface area contributed by atoms with Crippen LogP contribution >= 0.6 is 0 Å². The minimum absolute atomic E-state index is 0.000585. The zero-order chi connectivity index (χ0) is 28.6. The summed E-state index contributed by atoms with van der Waals surface area (Å²) in [5.41, 5.74) is 4.04. The summed E-state index contributed by atoms with van der Waals surface area (Å²) in [6, 6.07) is 24.2. The Kier molecular flexibility index (Phi) is 9.36. The first-order valence-corrected chi connectivity index (χ1v) is 14.3. The van der Waals surface area contributed by atoms with Crippen molar-refractivity contribution < 1.29 is 19.0 Å². The third-order valence-corrected chi connectivity index (χ3v) is 7.75. The number of aromatic nitrogens is 1. The average molecular weight is 554 g/mol. The minimum atomic E-state index is 0.000585. The Hall–Kier alpha value is -4.10. The van der Waals surface area contributed by atoms with Crippen LogP contribution in [0.3, 0.4) is 0 Å². The van der Waals surface area contributed by atoms with E-state index < -0.39 is 0 Å². The summed E-state index contributed by atoms with van der Waals surface area (Å²) >= 11 is 0. The van der Waals surface area contributed by atoms with Gasteiger partial charge in [-0.3, -0.25) is 14.7 Å².